The van der Waals surface area contributed by atoms with Gasteiger partial charge in [0.1, 0.15) is 0 Å². The number of esters is 1. The first kappa shape index (κ1) is 19.9. The standard InChI is InChI=1S/C19H23N3O3S/c1-12-10-13(2)21-19(20-12)26-11-15-8-6-7-9-16(15)18(24)25-14(3)17(23)22(4)5/h6-10,14H,11H2,1-5H3/t14-/m1/s1. The molecule has 6 nitrogen and oxygen atoms in total. The number of thioether (sulfide) groups is 1. The molecule has 0 aliphatic carbocycles. The van der Waals surface area contributed by atoms with Gasteiger partial charge in [0.2, 0.25) is 0 Å². The maximum absolute atomic E-state index is 12.5. The lowest BCUT2D eigenvalue weighted by Crippen LogP contribution is -2.35. The Kier molecular flexibility index (Phi) is 6.74. The Morgan fingerprint density at radius 3 is 2.38 bits per heavy atom. The van der Waals surface area contributed by atoms with Crippen molar-refractivity contribution in [2.75, 3.05) is 14.1 Å². The quantitative estimate of drug-likeness (QED) is 0.440. The third kappa shape index (κ3) is 5.29. The maximum Gasteiger partial charge on any atom is 0.339 e. The van der Waals surface area contributed by atoms with Gasteiger partial charge in [-0.15, -0.1) is 0 Å². The SMILES string of the molecule is Cc1cc(C)nc(SCc2ccccc2C(=O)O[C@H](C)C(=O)N(C)C)n1. The summed E-state index contributed by atoms with van der Waals surface area (Å²) in [4.78, 5) is 34.6. The van der Waals surface area contributed by atoms with Crippen LogP contribution in [0.15, 0.2) is 35.5 Å². The van der Waals surface area contributed by atoms with Gasteiger partial charge < -0.3 is 9.64 Å². The molecule has 1 aromatic carbocycles. The molecule has 1 aromatic heterocycles. The van der Waals surface area contributed by atoms with Crippen LogP contribution in [-0.4, -0.2) is 46.9 Å². The molecule has 0 saturated carbocycles. The van der Waals surface area contributed by atoms with E-state index in [1.807, 2.05) is 32.0 Å². The number of ether oxygens (including phenoxy) is 1. The summed E-state index contributed by atoms with van der Waals surface area (Å²) < 4.78 is 5.32. The van der Waals surface area contributed by atoms with Crippen molar-refractivity contribution in [1.29, 1.82) is 0 Å². The van der Waals surface area contributed by atoms with E-state index in [1.165, 1.54) is 16.7 Å². The fraction of sp³-hybridized carbons (Fsp3) is 0.368. The molecule has 7 heteroatoms. The summed E-state index contributed by atoms with van der Waals surface area (Å²) in [5.41, 5.74) is 3.07. The number of hydrogen-bond acceptors (Lipinski definition) is 6. The molecule has 0 aliphatic heterocycles. The molecule has 26 heavy (non-hydrogen) atoms. The van der Waals surface area contributed by atoms with E-state index in [0.29, 0.717) is 16.5 Å². The van der Waals surface area contributed by atoms with Crippen molar-refractivity contribution in [1.82, 2.24) is 14.9 Å². The highest BCUT2D eigenvalue weighted by Gasteiger charge is 2.21. The first-order valence-corrected chi connectivity index (χ1v) is 9.21. The van der Waals surface area contributed by atoms with Crippen molar-refractivity contribution < 1.29 is 14.3 Å². The van der Waals surface area contributed by atoms with E-state index in [9.17, 15) is 9.59 Å². The minimum Gasteiger partial charge on any atom is -0.449 e. The van der Waals surface area contributed by atoms with Gasteiger partial charge in [0.05, 0.1) is 5.56 Å². The average molecular weight is 373 g/mol. The zero-order valence-electron chi connectivity index (χ0n) is 15.6. The zero-order chi connectivity index (χ0) is 19.3. The lowest BCUT2D eigenvalue weighted by atomic mass is 10.1. The van der Waals surface area contributed by atoms with E-state index < -0.39 is 12.1 Å². The molecule has 0 unspecified atom stereocenters. The van der Waals surface area contributed by atoms with Crippen LogP contribution in [0.1, 0.15) is 34.2 Å². The van der Waals surface area contributed by atoms with Gasteiger partial charge in [-0.1, -0.05) is 30.0 Å². The summed E-state index contributed by atoms with van der Waals surface area (Å²) >= 11 is 1.46. The molecule has 0 spiro atoms. The van der Waals surface area contributed by atoms with Crippen LogP contribution >= 0.6 is 11.8 Å². The topological polar surface area (TPSA) is 72.4 Å². The summed E-state index contributed by atoms with van der Waals surface area (Å²) in [5.74, 6) is -0.233. The number of amides is 1. The van der Waals surface area contributed by atoms with E-state index in [0.717, 1.165) is 17.0 Å². The van der Waals surface area contributed by atoms with Crippen molar-refractivity contribution in [3.05, 3.63) is 52.8 Å². The molecule has 2 aromatic rings. The first-order valence-electron chi connectivity index (χ1n) is 8.23. The van der Waals surface area contributed by atoms with Gasteiger partial charge in [0.25, 0.3) is 5.91 Å². The molecule has 1 atom stereocenters. The molecule has 0 saturated heterocycles. The number of rotatable bonds is 6. The van der Waals surface area contributed by atoms with E-state index in [4.69, 9.17) is 4.74 Å². The molecule has 0 radical (unpaired) electrons. The van der Waals surface area contributed by atoms with Gasteiger partial charge in [-0.3, -0.25) is 4.79 Å². The normalized spacial score (nSPS) is 11.7. The Morgan fingerprint density at radius 2 is 1.77 bits per heavy atom. The van der Waals surface area contributed by atoms with Crippen molar-refractivity contribution in [2.24, 2.45) is 0 Å². The Bertz CT molecular complexity index is 788. The van der Waals surface area contributed by atoms with Crippen LogP contribution in [0, 0.1) is 13.8 Å². The van der Waals surface area contributed by atoms with Crippen molar-refractivity contribution in [3.63, 3.8) is 0 Å². The predicted molar refractivity (Wildman–Crippen MR) is 101 cm³/mol. The Hall–Kier alpha value is -2.41. The number of aryl methyl sites for hydroxylation is 2. The molecule has 2 rings (SSSR count). The van der Waals surface area contributed by atoms with E-state index in [-0.39, 0.29) is 5.91 Å². The maximum atomic E-state index is 12.5. The molecule has 138 valence electrons. The van der Waals surface area contributed by atoms with Crippen molar-refractivity contribution in [2.45, 2.75) is 37.8 Å². The second-order valence-electron chi connectivity index (χ2n) is 6.16. The minimum absolute atomic E-state index is 0.256. The summed E-state index contributed by atoms with van der Waals surface area (Å²) in [5, 5.41) is 0.668. The summed E-state index contributed by atoms with van der Waals surface area (Å²) in [6, 6.07) is 9.12. The van der Waals surface area contributed by atoms with Crippen LogP contribution in [0.2, 0.25) is 0 Å². The van der Waals surface area contributed by atoms with Gasteiger partial charge in [0.15, 0.2) is 11.3 Å². The number of aromatic nitrogens is 2. The van der Waals surface area contributed by atoms with Crippen molar-refractivity contribution in [3.8, 4) is 0 Å². The van der Waals surface area contributed by atoms with Crippen LogP contribution in [0.4, 0.5) is 0 Å². The lowest BCUT2D eigenvalue weighted by Gasteiger charge is -2.18. The average Bonchev–Trinajstić information content (AvgIpc) is 2.58. The van der Waals surface area contributed by atoms with Gasteiger partial charge in [-0.25, -0.2) is 14.8 Å². The highest BCUT2D eigenvalue weighted by molar-refractivity contribution is 7.98. The predicted octanol–water partition coefficient (Wildman–Crippen LogP) is 3.02. The Balaban J connectivity index is 2.11. The third-order valence-corrected chi connectivity index (χ3v) is 4.52. The summed E-state index contributed by atoms with van der Waals surface area (Å²) in [6.07, 6.45) is -0.832. The number of carbonyl (C=O) groups excluding carboxylic acids is 2. The van der Waals surface area contributed by atoms with Gasteiger partial charge >= 0.3 is 5.97 Å². The molecule has 0 bridgehead atoms. The first-order chi connectivity index (χ1) is 12.3. The monoisotopic (exact) mass is 373 g/mol. The molecule has 0 N–H and O–H groups in total. The molecule has 0 fully saturated rings. The Morgan fingerprint density at radius 1 is 1.15 bits per heavy atom. The number of carbonyl (C=O) groups is 2. The van der Waals surface area contributed by atoms with Crippen LogP contribution in [0.5, 0.6) is 0 Å². The van der Waals surface area contributed by atoms with Gasteiger partial charge in [-0.05, 0) is 38.5 Å². The molecule has 0 aliphatic rings. The largest absolute Gasteiger partial charge is 0.449 e. The Labute approximate surface area is 158 Å². The molecular formula is C19H23N3O3S. The molecule has 1 amide bonds. The number of likely N-dealkylation sites (N-methyl/N-ethyl adjacent to an activating group) is 1. The number of nitrogens with zero attached hydrogens (tertiary/aromatic N) is 3. The van der Waals surface area contributed by atoms with Crippen molar-refractivity contribution >= 4 is 23.6 Å². The second-order valence-corrected chi connectivity index (χ2v) is 7.10. The van der Waals surface area contributed by atoms with Gasteiger partial charge in [0, 0.05) is 31.2 Å². The van der Waals surface area contributed by atoms with E-state index in [2.05, 4.69) is 9.97 Å². The van der Waals surface area contributed by atoms with Crippen LogP contribution in [-0.2, 0) is 15.3 Å². The van der Waals surface area contributed by atoms with E-state index >= 15 is 0 Å². The lowest BCUT2D eigenvalue weighted by molar-refractivity contribution is -0.137. The van der Waals surface area contributed by atoms with Crippen LogP contribution in [0.3, 0.4) is 0 Å². The highest BCUT2D eigenvalue weighted by Crippen LogP contribution is 2.23. The van der Waals surface area contributed by atoms with Gasteiger partial charge in [-0.2, -0.15) is 0 Å². The minimum atomic E-state index is -0.832. The second kappa shape index (κ2) is 8.80. The fourth-order valence-corrected chi connectivity index (χ4v) is 3.34. The van der Waals surface area contributed by atoms with E-state index in [1.54, 1.807) is 33.2 Å². The van der Waals surface area contributed by atoms with Crippen LogP contribution in [0.25, 0.3) is 0 Å². The van der Waals surface area contributed by atoms with Crippen LogP contribution < -0.4 is 0 Å². The number of benzene rings is 1. The summed E-state index contributed by atoms with van der Waals surface area (Å²) in [7, 11) is 3.25. The third-order valence-electron chi connectivity index (χ3n) is 3.63. The summed E-state index contributed by atoms with van der Waals surface area (Å²) in [6.45, 7) is 5.42. The number of hydrogen-bond donors (Lipinski definition) is 0. The zero-order valence-corrected chi connectivity index (χ0v) is 16.5. The highest BCUT2D eigenvalue weighted by atomic mass is 32.2. The molecular weight excluding hydrogens is 350 g/mol. The molecule has 1 heterocycles. The smallest absolute Gasteiger partial charge is 0.339 e. The fourth-order valence-electron chi connectivity index (χ4n) is 2.38.